The summed E-state index contributed by atoms with van der Waals surface area (Å²) in [5.74, 6) is -2.57. The minimum atomic E-state index is -4.73. The Morgan fingerprint density at radius 3 is 2.58 bits per heavy atom. The molecule has 7 nitrogen and oxygen atoms in total. The van der Waals surface area contributed by atoms with E-state index in [4.69, 9.17) is 5.73 Å². The maximum absolute atomic E-state index is 12.5. The number of alkyl halides is 5. The molecular weight excluding hydrogens is 359 g/mol. The zero-order valence-corrected chi connectivity index (χ0v) is 12.3. The zero-order valence-electron chi connectivity index (χ0n) is 11.5. The molecule has 0 aliphatic heterocycles. The maximum Gasteiger partial charge on any atom is 0.471 e. The molecule has 2 N–H and O–H groups in total. The van der Waals surface area contributed by atoms with Crippen molar-refractivity contribution in [1.82, 2.24) is 24.9 Å². The number of rotatable bonds is 4. The van der Waals surface area contributed by atoms with Crippen molar-refractivity contribution in [3.05, 3.63) is 28.7 Å². The van der Waals surface area contributed by atoms with Crippen molar-refractivity contribution in [3.8, 4) is 10.7 Å². The largest absolute Gasteiger partial charge is 0.471 e. The van der Waals surface area contributed by atoms with Crippen LogP contribution in [-0.4, -0.2) is 24.9 Å². The van der Waals surface area contributed by atoms with Crippen molar-refractivity contribution in [1.29, 1.82) is 0 Å². The summed E-state index contributed by atoms with van der Waals surface area (Å²) in [6.07, 6.45) is -7.58. The van der Waals surface area contributed by atoms with Crippen molar-refractivity contribution in [2.24, 2.45) is 0 Å². The summed E-state index contributed by atoms with van der Waals surface area (Å²) in [6.45, 7) is 0.0280. The van der Waals surface area contributed by atoms with Gasteiger partial charge in [0.1, 0.15) is 0 Å². The predicted molar refractivity (Wildman–Crippen MR) is 71.1 cm³/mol. The van der Waals surface area contributed by atoms with E-state index < -0.39 is 24.3 Å². The van der Waals surface area contributed by atoms with Crippen LogP contribution in [0.4, 0.5) is 27.9 Å². The molecule has 0 aliphatic rings. The molecule has 0 unspecified atom stereocenters. The van der Waals surface area contributed by atoms with Crippen LogP contribution >= 0.6 is 11.3 Å². The van der Waals surface area contributed by atoms with Gasteiger partial charge in [-0.25, -0.2) is 13.5 Å². The van der Waals surface area contributed by atoms with Gasteiger partial charge in [0, 0.05) is 4.88 Å². The van der Waals surface area contributed by atoms with Crippen LogP contribution in [0.3, 0.4) is 0 Å². The molecule has 128 valence electrons. The van der Waals surface area contributed by atoms with Crippen LogP contribution in [0.5, 0.6) is 0 Å². The Morgan fingerprint density at radius 1 is 1.25 bits per heavy atom. The summed E-state index contributed by atoms with van der Waals surface area (Å²) in [6, 6.07) is 3.04. The molecule has 24 heavy (non-hydrogen) atoms. The number of halogens is 5. The van der Waals surface area contributed by atoms with Crippen LogP contribution in [0.15, 0.2) is 16.7 Å². The fourth-order valence-corrected chi connectivity index (χ4v) is 2.67. The van der Waals surface area contributed by atoms with Crippen LogP contribution in [0.1, 0.15) is 23.0 Å². The van der Waals surface area contributed by atoms with Crippen LogP contribution < -0.4 is 5.73 Å². The zero-order chi connectivity index (χ0) is 17.5. The van der Waals surface area contributed by atoms with Crippen molar-refractivity contribution in [2.45, 2.75) is 19.1 Å². The minimum Gasteiger partial charge on any atom is -0.368 e. The third-order valence-corrected chi connectivity index (χ3v) is 3.83. The molecule has 0 atom stereocenters. The Bertz CT molecular complexity index is 853. The van der Waals surface area contributed by atoms with Gasteiger partial charge < -0.3 is 10.3 Å². The van der Waals surface area contributed by atoms with E-state index in [0.29, 0.717) is 9.75 Å². The lowest BCUT2D eigenvalue weighted by Gasteiger charge is -1.99. The molecule has 3 aromatic heterocycles. The highest BCUT2D eigenvalue weighted by atomic mass is 32.1. The molecule has 3 rings (SSSR count). The lowest BCUT2D eigenvalue weighted by atomic mass is 10.4. The third-order valence-electron chi connectivity index (χ3n) is 2.77. The number of nitrogens with two attached hydrogens (primary N) is 1. The molecule has 3 aromatic rings. The Kier molecular flexibility index (Phi) is 3.95. The van der Waals surface area contributed by atoms with Gasteiger partial charge in [-0.3, -0.25) is 0 Å². The molecule has 0 saturated carbocycles. The fourth-order valence-electron chi connectivity index (χ4n) is 1.75. The fraction of sp³-hybridized carbons (Fsp3) is 0.273. The van der Waals surface area contributed by atoms with Gasteiger partial charge in [0.05, 0.1) is 11.4 Å². The molecule has 0 aromatic carbocycles. The average Bonchev–Trinajstić information content (AvgIpc) is 3.18. The molecule has 0 bridgehead atoms. The normalized spacial score (nSPS) is 12.2. The van der Waals surface area contributed by atoms with Crippen molar-refractivity contribution in [2.75, 3.05) is 5.73 Å². The first-order chi connectivity index (χ1) is 11.2. The standard InChI is InChI=1S/C11H7F5N6OS/c12-6(13)8-19-10(17)22(20-8)3-4-1-2-5(24-4)7-18-9(23-21-7)11(14,15)16/h1-2,6H,3H2,(H2,17,19,20). The average molecular weight is 366 g/mol. The second-order valence-corrected chi connectivity index (χ2v) is 5.64. The highest BCUT2D eigenvalue weighted by molar-refractivity contribution is 7.15. The lowest BCUT2D eigenvalue weighted by molar-refractivity contribution is -0.159. The minimum absolute atomic E-state index is 0.0280. The van der Waals surface area contributed by atoms with Crippen molar-refractivity contribution in [3.63, 3.8) is 0 Å². The van der Waals surface area contributed by atoms with E-state index in [1.54, 1.807) is 6.07 Å². The summed E-state index contributed by atoms with van der Waals surface area (Å²) >= 11 is 1.05. The Balaban J connectivity index is 1.80. The second kappa shape index (κ2) is 5.81. The van der Waals surface area contributed by atoms with Gasteiger partial charge >= 0.3 is 12.1 Å². The topological polar surface area (TPSA) is 95.7 Å². The summed E-state index contributed by atoms with van der Waals surface area (Å²) in [7, 11) is 0. The second-order valence-electron chi connectivity index (χ2n) is 4.47. The van der Waals surface area contributed by atoms with Gasteiger partial charge in [0.15, 0.2) is 0 Å². The molecule has 0 aliphatic carbocycles. The molecule has 3 heterocycles. The first-order valence-electron chi connectivity index (χ1n) is 6.22. The van der Waals surface area contributed by atoms with E-state index in [9.17, 15) is 22.0 Å². The van der Waals surface area contributed by atoms with Gasteiger partial charge in [-0.15, -0.1) is 16.4 Å². The molecular formula is C11H7F5N6OS. The summed E-state index contributed by atoms with van der Waals surface area (Å²) < 4.78 is 67.5. The molecule has 0 saturated heterocycles. The van der Waals surface area contributed by atoms with E-state index in [0.717, 1.165) is 16.0 Å². The van der Waals surface area contributed by atoms with E-state index in [1.165, 1.54) is 6.07 Å². The highest BCUT2D eigenvalue weighted by Gasteiger charge is 2.38. The predicted octanol–water partition coefficient (Wildman–Crippen LogP) is 2.98. The molecule has 0 amide bonds. The van der Waals surface area contributed by atoms with E-state index in [1.807, 2.05) is 0 Å². The Hall–Kier alpha value is -2.57. The SMILES string of the molecule is Nc1nc(C(F)F)nn1Cc1ccc(-c2noc(C(F)(F)F)n2)s1. The van der Waals surface area contributed by atoms with Gasteiger partial charge in [0.25, 0.3) is 6.43 Å². The molecule has 0 fully saturated rings. The number of hydrogen-bond donors (Lipinski definition) is 1. The lowest BCUT2D eigenvalue weighted by Crippen LogP contribution is -2.05. The third kappa shape index (κ3) is 3.20. The van der Waals surface area contributed by atoms with Crippen LogP contribution in [0.2, 0.25) is 0 Å². The Morgan fingerprint density at radius 2 is 2.00 bits per heavy atom. The summed E-state index contributed by atoms with van der Waals surface area (Å²) in [4.78, 5) is 7.59. The Labute approximate surface area is 133 Å². The van der Waals surface area contributed by atoms with Gasteiger partial charge in [-0.05, 0) is 12.1 Å². The van der Waals surface area contributed by atoms with Gasteiger partial charge in [-0.2, -0.15) is 23.1 Å². The summed E-state index contributed by atoms with van der Waals surface area (Å²) in [5, 5.41) is 6.83. The van der Waals surface area contributed by atoms with E-state index in [-0.39, 0.29) is 18.3 Å². The van der Waals surface area contributed by atoms with E-state index in [2.05, 4.69) is 24.7 Å². The maximum atomic E-state index is 12.5. The number of nitrogen functional groups attached to an aromatic ring is 1. The monoisotopic (exact) mass is 366 g/mol. The van der Waals surface area contributed by atoms with Gasteiger partial charge in [-0.1, -0.05) is 5.16 Å². The number of hydrogen-bond acceptors (Lipinski definition) is 7. The van der Waals surface area contributed by atoms with Crippen LogP contribution in [0.25, 0.3) is 10.7 Å². The van der Waals surface area contributed by atoms with Crippen molar-refractivity contribution < 1.29 is 26.5 Å². The first-order valence-corrected chi connectivity index (χ1v) is 7.04. The number of anilines is 1. The summed E-state index contributed by atoms with van der Waals surface area (Å²) in [5.41, 5.74) is 5.49. The van der Waals surface area contributed by atoms with Crippen LogP contribution in [-0.2, 0) is 12.7 Å². The first kappa shape index (κ1) is 16.3. The molecule has 13 heteroatoms. The molecule has 0 spiro atoms. The van der Waals surface area contributed by atoms with E-state index >= 15 is 0 Å². The molecule has 0 radical (unpaired) electrons. The van der Waals surface area contributed by atoms with Crippen molar-refractivity contribution >= 4 is 17.3 Å². The number of aromatic nitrogens is 5. The number of thiophene rings is 1. The quantitative estimate of drug-likeness (QED) is 0.713. The smallest absolute Gasteiger partial charge is 0.368 e. The highest BCUT2D eigenvalue weighted by Crippen LogP contribution is 2.32. The van der Waals surface area contributed by atoms with Gasteiger partial charge in [0.2, 0.25) is 17.6 Å². The van der Waals surface area contributed by atoms with Crippen LogP contribution in [0, 0.1) is 0 Å². The number of nitrogens with zero attached hydrogens (tertiary/aromatic N) is 5.